The summed E-state index contributed by atoms with van der Waals surface area (Å²) in [7, 11) is 0. The van der Waals surface area contributed by atoms with Gasteiger partial charge in [0, 0.05) is 38.8 Å². The molecule has 7 nitrogen and oxygen atoms in total. The Kier molecular flexibility index (Phi) is 5.70. The number of aromatic hydroxyl groups is 1. The molecule has 0 saturated carbocycles. The molecule has 4 heterocycles. The number of phenolic OH excluding ortho intramolecular Hbond substituents is 1. The summed E-state index contributed by atoms with van der Waals surface area (Å²) >= 11 is 0. The second kappa shape index (κ2) is 9.19. The summed E-state index contributed by atoms with van der Waals surface area (Å²) in [6.07, 6.45) is 0. The van der Waals surface area contributed by atoms with Crippen molar-refractivity contribution in [3.8, 4) is 34.5 Å². The molecule has 0 atom stereocenters. The van der Waals surface area contributed by atoms with Gasteiger partial charge < -0.3 is 9.84 Å². The molecule has 0 aliphatic heterocycles. The van der Waals surface area contributed by atoms with Crippen molar-refractivity contribution in [2.45, 2.75) is 0 Å². The maximum atomic E-state index is 10.2. The van der Waals surface area contributed by atoms with Crippen LogP contribution in [0.15, 0.2) is 103 Å². The number of hydrogen-bond donors (Lipinski definition) is 1. The molecule has 182 valence electrons. The van der Waals surface area contributed by atoms with E-state index in [1.165, 1.54) is 0 Å². The van der Waals surface area contributed by atoms with Crippen LogP contribution in [0, 0.1) is 6.07 Å². The minimum absolute atomic E-state index is 0. The molecular formula is C29H18N5O2Pt-. The summed E-state index contributed by atoms with van der Waals surface area (Å²) in [4.78, 5) is 14.3. The van der Waals surface area contributed by atoms with E-state index in [2.05, 4.69) is 15.5 Å². The van der Waals surface area contributed by atoms with Crippen molar-refractivity contribution in [1.82, 2.24) is 23.9 Å². The normalized spacial score (nSPS) is 11.1. The van der Waals surface area contributed by atoms with Crippen molar-refractivity contribution in [3.63, 3.8) is 0 Å². The van der Waals surface area contributed by atoms with Crippen molar-refractivity contribution >= 4 is 28.0 Å². The van der Waals surface area contributed by atoms with Gasteiger partial charge in [0.25, 0.3) is 0 Å². The van der Waals surface area contributed by atoms with Crippen LogP contribution in [0.1, 0.15) is 0 Å². The molecule has 7 aromatic rings. The first-order valence-electron chi connectivity index (χ1n) is 11.5. The van der Waals surface area contributed by atoms with Crippen molar-refractivity contribution in [1.29, 1.82) is 0 Å². The fourth-order valence-electron chi connectivity index (χ4n) is 4.48. The van der Waals surface area contributed by atoms with Gasteiger partial charge in [-0.1, -0.05) is 36.0 Å². The van der Waals surface area contributed by atoms with E-state index < -0.39 is 0 Å². The third-order valence-electron chi connectivity index (χ3n) is 6.07. The van der Waals surface area contributed by atoms with Crippen LogP contribution in [0.3, 0.4) is 0 Å². The number of phenols is 1. The van der Waals surface area contributed by atoms with Gasteiger partial charge in [-0.15, -0.1) is 6.07 Å². The summed E-state index contributed by atoms with van der Waals surface area (Å²) in [6.45, 7) is 0. The van der Waals surface area contributed by atoms with Crippen LogP contribution in [-0.2, 0) is 21.1 Å². The Balaban J connectivity index is 0.00000252. The van der Waals surface area contributed by atoms with Crippen LogP contribution in [0.2, 0.25) is 0 Å². The fourth-order valence-corrected chi connectivity index (χ4v) is 4.48. The Morgan fingerprint density at radius 3 is 2.38 bits per heavy atom. The van der Waals surface area contributed by atoms with Gasteiger partial charge in [-0.25, -0.2) is 9.97 Å². The maximum Gasteiger partial charge on any atom is 0.223 e. The SMILES string of the molecule is Oc1ccccc1-c1cccc(Oc2ccc3c(n2)n(-c2[c-]cccc2)c2nc4ccccc4n32)n1.[Pt]. The molecule has 37 heavy (non-hydrogen) atoms. The number of para-hydroxylation sites is 4. The van der Waals surface area contributed by atoms with E-state index >= 15 is 0 Å². The number of imidazole rings is 2. The van der Waals surface area contributed by atoms with Crippen molar-refractivity contribution in [3.05, 3.63) is 109 Å². The number of pyridine rings is 2. The largest absolute Gasteiger partial charge is 0.507 e. The minimum Gasteiger partial charge on any atom is -0.507 e. The van der Waals surface area contributed by atoms with Gasteiger partial charge in [-0.3, -0.25) is 8.97 Å². The molecule has 0 amide bonds. The average Bonchev–Trinajstić information content (AvgIpc) is 3.44. The first-order valence-corrected chi connectivity index (χ1v) is 11.5. The van der Waals surface area contributed by atoms with Crippen LogP contribution in [0.5, 0.6) is 17.5 Å². The Morgan fingerprint density at radius 2 is 1.51 bits per heavy atom. The standard InChI is InChI=1S/C29H18N5O2.Pt/c35-25-15-7-4-11-20(25)21-13-8-16-26(30-21)36-27-18-17-24-28(32-27)33(19-9-2-1-3-10-19)29-31-22-12-5-6-14-23(22)34(24)29;/h1-9,11-18,35H;/q-1;. The van der Waals surface area contributed by atoms with Crippen LogP contribution in [-0.4, -0.2) is 29.0 Å². The fraction of sp³-hybridized carbons (Fsp3) is 0. The molecule has 0 fully saturated rings. The molecule has 0 bridgehead atoms. The van der Waals surface area contributed by atoms with E-state index in [0.717, 1.165) is 28.0 Å². The molecule has 7 rings (SSSR count). The van der Waals surface area contributed by atoms with Crippen LogP contribution in [0.25, 0.3) is 44.9 Å². The first kappa shape index (κ1) is 22.9. The van der Waals surface area contributed by atoms with Crippen molar-refractivity contribution in [2.24, 2.45) is 0 Å². The van der Waals surface area contributed by atoms with E-state index in [1.807, 2.05) is 89.5 Å². The van der Waals surface area contributed by atoms with E-state index in [0.29, 0.717) is 28.7 Å². The number of fused-ring (bicyclic) bond motifs is 5. The third kappa shape index (κ3) is 3.84. The predicted octanol–water partition coefficient (Wildman–Crippen LogP) is 6.18. The van der Waals surface area contributed by atoms with Gasteiger partial charge in [0.05, 0.1) is 22.2 Å². The molecule has 0 radical (unpaired) electrons. The number of nitrogens with zero attached hydrogens (tertiary/aromatic N) is 5. The Morgan fingerprint density at radius 1 is 0.703 bits per heavy atom. The molecular weight excluding hydrogens is 645 g/mol. The molecule has 3 aromatic carbocycles. The predicted molar refractivity (Wildman–Crippen MR) is 138 cm³/mol. The minimum atomic E-state index is 0. The molecule has 1 N–H and O–H groups in total. The molecule has 8 heteroatoms. The van der Waals surface area contributed by atoms with Crippen molar-refractivity contribution < 1.29 is 30.9 Å². The monoisotopic (exact) mass is 663 g/mol. The first-order chi connectivity index (χ1) is 17.8. The quantitative estimate of drug-likeness (QED) is 0.228. The van der Waals surface area contributed by atoms with E-state index in [-0.39, 0.29) is 26.8 Å². The van der Waals surface area contributed by atoms with Gasteiger partial charge in [-0.05, 0) is 36.4 Å². The maximum absolute atomic E-state index is 10.2. The zero-order valence-corrected chi connectivity index (χ0v) is 21.5. The summed E-state index contributed by atoms with van der Waals surface area (Å²) in [5, 5.41) is 10.2. The average molecular weight is 664 g/mol. The van der Waals surface area contributed by atoms with Gasteiger partial charge in [0.1, 0.15) is 5.75 Å². The summed E-state index contributed by atoms with van der Waals surface area (Å²) in [5.41, 5.74) is 5.58. The van der Waals surface area contributed by atoms with Crippen LogP contribution < -0.4 is 4.74 Å². The Labute approximate surface area is 225 Å². The molecule has 0 aliphatic rings. The number of rotatable bonds is 4. The third-order valence-corrected chi connectivity index (χ3v) is 6.07. The topological polar surface area (TPSA) is 77.5 Å². The number of ether oxygens (including phenoxy) is 1. The molecule has 4 aromatic heterocycles. The summed E-state index contributed by atoms with van der Waals surface area (Å²) in [5.74, 6) is 1.68. The summed E-state index contributed by atoms with van der Waals surface area (Å²) in [6, 6.07) is 35.4. The van der Waals surface area contributed by atoms with Gasteiger partial charge >= 0.3 is 0 Å². The second-order valence-corrected chi connectivity index (χ2v) is 8.29. The molecule has 0 saturated heterocycles. The molecule has 0 unspecified atom stereocenters. The second-order valence-electron chi connectivity index (χ2n) is 8.29. The van der Waals surface area contributed by atoms with Gasteiger partial charge in [0.2, 0.25) is 17.5 Å². The van der Waals surface area contributed by atoms with Gasteiger partial charge in [-0.2, -0.15) is 29.2 Å². The molecule has 0 aliphatic carbocycles. The summed E-state index contributed by atoms with van der Waals surface area (Å²) < 4.78 is 10.2. The number of aromatic nitrogens is 5. The van der Waals surface area contributed by atoms with E-state index in [1.54, 1.807) is 18.2 Å². The van der Waals surface area contributed by atoms with E-state index in [9.17, 15) is 5.11 Å². The van der Waals surface area contributed by atoms with Crippen LogP contribution in [0.4, 0.5) is 0 Å². The zero-order chi connectivity index (χ0) is 24.1. The zero-order valence-electron chi connectivity index (χ0n) is 19.2. The molecule has 0 spiro atoms. The Hall–Kier alpha value is -4.48. The number of benzene rings is 3. The van der Waals surface area contributed by atoms with Gasteiger partial charge in [0.15, 0.2) is 5.65 Å². The van der Waals surface area contributed by atoms with Crippen LogP contribution >= 0.6 is 0 Å². The smallest absolute Gasteiger partial charge is 0.223 e. The van der Waals surface area contributed by atoms with Crippen molar-refractivity contribution in [2.75, 3.05) is 0 Å². The van der Waals surface area contributed by atoms with E-state index in [4.69, 9.17) is 14.7 Å². The Bertz CT molecular complexity index is 1900. The number of hydrogen-bond acceptors (Lipinski definition) is 5.